The van der Waals surface area contributed by atoms with Crippen LogP contribution >= 0.6 is 0 Å². The lowest BCUT2D eigenvalue weighted by molar-refractivity contribution is -0.141. The number of oxime groups is 1. The molecule has 0 bridgehead atoms. The van der Waals surface area contributed by atoms with Gasteiger partial charge in [-0.15, -0.1) is 0 Å². The van der Waals surface area contributed by atoms with E-state index >= 15 is 0 Å². The molecule has 2 aliphatic rings. The third-order valence-corrected chi connectivity index (χ3v) is 5.11. The Balaban J connectivity index is 1.62. The fraction of sp³-hybridized carbons (Fsp3) is 0.706. The molecule has 150 valence electrons. The minimum Gasteiger partial charge on any atom is -0.387 e. The van der Waals surface area contributed by atoms with E-state index in [-0.39, 0.29) is 24.3 Å². The van der Waals surface area contributed by atoms with Gasteiger partial charge in [0, 0.05) is 26.1 Å². The first-order valence-electron chi connectivity index (χ1n) is 8.95. The molecule has 1 aromatic heterocycles. The predicted molar refractivity (Wildman–Crippen MR) is 91.9 cm³/mol. The monoisotopic (exact) mass is 387 g/mol. The lowest BCUT2D eigenvalue weighted by atomic mass is 9.88. The Labute approximate surface area is 155 Å². The van der Waals surface area contributed by atoms with Crippen LogP contribution in [0.1, 0.15) is 44.6 Å². The van der Waals surface area contributed by atoms with Crippen LogP contribution in [0, 0.1) is 0 Å². The van der Waals surface area contributed by atoms with Crippen molar-refractivity contribution >= 4 is 11.6 Å². The number of H-pyrrole nitrogens is 1. The van der Waals surface area contributed by atoms with E-state index in [4.69, 9.17) is 4.84 Å². The third kappa shape index (κ3) is 4.26. The molecule has 3 rings (SSSR count). The minimum atomic E-state index is -4.44. The topological polar surface area (TPSA) is 73.8 Å². The molecule has 0 aromatic carbocycles. The SMILES string of the molecule is CC(C)N(C)C(=O)C1=NO[C@]2(CCCN(Cc3ncc(C(F)(F)F)[nH]3)C2)C1. The van der Waals surface area contributed by atoms with E-state index in [1.165, 1.54) is 0 Å². The van der Waals surface area contributed by atoms with Crippen molar-refractivity contribution in [1.82, 2.24) is 19.8 Å². The van der Waals surface area contributed by atoms with Gasteiger partial charge in [-0.2, -0.15) is 13.2 Å². The van der Waals surface area contributed by atoms with Crippen LogP contribution in [0.4, 0.5) is 13.2 Å². The van der Waals surface area contributed by atoms with Crippen molar-refractivity contribution < 1.29 is 22.8 Å². The Bertz CT molecular complexity index is 730. The van der Waals surface area contributed by atoms with Gasteiger partial charge in [-0.3, -0.25) is 9.69 Å². The van der Waals surface area contributed by atoms with Gasteiger partial charge in [-0.25, -0.2) is 4.98 Å². The number of imidazole rings is 1. The highest BCUT2D eigenvalue weighted by molar-refractivity contribution is 6.39. The van der Waals surface area contributed by atoms with Gasteiger partial charge >= 0.3 is 6.18 Å². The highest BCUT2D eigenvalue weighted by atomic mass is 19.4. The number of likely N-dealkylation sites (tertiary alicyclic amines) is 1. The Kier molecular flexibility index (Phi) is 5.20. The molecule has 0 saturated carbocycles. The van der Waals surface area contributed by atoms with Crippen molar-refractivity contribution in [3.05, 3.63) is 17.7 Å². The highest BCUT2D eigenvalue weighted by Crippen LogP contribution is 2.34. The molecule has 0 unspecified atom stereocenters. The van der Waals surface area contributed by atoms with E-state index in [1.807, 2.05) is 18.7 Å². The van der Waals surface area contributed by atoms with Gasteiger partial charge in [0.1, 0.15) is 17.2 Å². The number of hydrogen-bond acceptors (Lipinski definition) is 5. The first-order valence-corrected chi connectivity index (χ1v) is 8.95. The molecule has 1 fully saturated rings. The fourth-order valence-corrected chi connectivity index (χ4v) is 3.42. The fourth-order valence-electron chi connectivity index (χ4n) is 3.42. The summed E-state index contributed by atoms with van der Waals surface area (Å²) in [6.07, 6.45) is -1.66. The minimum absolute atomic E-state index is 0.0568. The van der Waals surface area contributed by atoms with Gasteiger partial charge in [-0.1, -0.05) is 5.16 Å². The summed E-state index contributed by atoms with van der Waals surface area (Å²) in [5.41, 5.74) is -1.06. The van der Waals surface area contributed by atoms with E-state index in [1.54, 1.807) is 11.9 Å². The van der Waals surface area contributed by atoms with Crippen molar-refractivity contribution in [2.45, 2.75) is 57.5 Å². The zero-order valence-electron chi connectivity index (χ0n) is 15.6. The molecule has 0 radical (unpaired) electrons. The van der Waals surface area contributed by atoms with Gasteiger partial charge in [-0.05, 0) is 33.2 Å². The highest BCUT2D eigenvalue weighted by Gasteiger charge is 2.45. The second kappa shape index (κ2) is 7.14. The standard InChI is InChI=1S/C17H24F3N5O2/c1-11(2)24(3)15(26)12-7-16(27-23-12)5-4-6-25(10-16)9-14-21-8-13(22-14)17(18,19)20/h8,11H,4-7,9-10H2,1-3H3,(H,21,22)/t16-/m1/s1. The molecule has 1 saturated heterocycles. The number of halogens is 3. The molecule has 1 amide bonds. The van der Waals surface area contributed by atoms with Crippen LogP contribution in [0.2, 0.25) is 0 Å². The molecule has 7 nitrogen and oxygen atoms in total. The number of aromatic nitrogens is 2. The first kappa shape index (κ1) is 19.7. The molecule has 1 spiro atoms. The van der Waals surface area contributed by atoms with E-state index < -0.39 is 17.5 Å². The van der Waals surface area contributed by atoms with Gasteiger partial charge in [0.25, 0.3) is 5.91 Å². The van der Waals surface area contributed by atoms with Gasteiger partial charge in [0.05, 0.1) is 12.7 Å². The molecule has 27 heavy (non-hydrogen) atoms. The molecule has 1 atom stereocenters. The molecule has 3 heterocycles. The number of aromatic amines is 1. The van der Waals surface area contributed by atoms with E-state index in [0.717, 1.165) is 25.6 Å². The lowest BCUT2D eigenvalue weighted by Crippen LogP contribution is -2.49. The van der Waals surface area contributed by atoms with Gasteiger partial charge in [0.15, 0.2) is 5.60 Å². The zero-order chi connectivity index (χ0) is 19.8. The van der Waals surface area contributed by atoms with E-state index in [9.17, 15) is 18.0 Å². The maximum absolute atomic E-state index is 12.7. The Morgan fingerprint density at radius 2 is 2.22 bits per heavy atom. The molecule has 2 aliphatic heterocycles. The number of nitrogens with zero attached hydrogens (tertiary/aromatic N) is 4. The van der Waals surface area contributed by atoms with Crippen molar-refractivity contribution in [2.75, 3.05) is 20.1 Å². The summed E-state index contributed by atoms with van der Waals surface area (Å²) in [5, 5.41) is 4.02. The molecule has 1 N–H and O–H groups in total. The lowest BCUT2D eigenvalue weighted by Gasteiger charge is -2.37. The molecular weight excluding hydrogens is 363 g/mol. The van der Waals surface area contributed by atoms with Crippen LogP contribution in [-0.4, -0.2) is 63.2 Å². The number of piperidine rings is 1. The van der Waals surface area contributed by atoms with Gasteiger partial charge in [0.2, 0.25) is 0 Å². The predicted octanol–water partition coefficient (Wildman–Crippen LogP) is 2.41. The Morgan fingerprint density at radius 1 is 1.48 bits per heavy atom. The maximum Gasteiger partial charge on any atom is 0.432 e. The van der Waals surface area contributed by atoms with Crippen molar-refractivity contribution in [1.29, 1.82) is 0 Å². The normalized spacial score (nSPS) is 23.6. The largest absolute Gasteiger partial charge is 0.432 e. The number of carbonyl (C=O) groups excluding carboxylic acids is 1. The molecular formula is C17H24F3N5O2. The van der Waals surface area contributed by atoms with Crippen molar-refractivity contribution in [3.8, 4) is 0 Å². The second-order valence-corrected chi connectivity index (χ2v) is 7.55. The zero-order valence-corrected chi connectivity index (χ0v) is 15.6. The van der Waals surface area contributed by atoms with Crippen LogP contribution in [-0.2, 0) is 22.4 Å². The molecule has 0 aliphatic carbocycles. The summed E-state index contributed by atoms with van der Waals surface area (Å²) in [6.45, 7) is 5.31. The first-order chi connectivity index (χ1) is 12.6. The summed E-state index contributed by atoms with van der Waals surface area (Å²) >= 11 is 0. The van der Waals surface area contributed by atoms with Gasteiger partial charge < -0.3 is 14.7 Å². The number of nitrogens with one attached hydrogen (secondary N) is 1. The third-order valence-electron chi connectivity index (χ3n) is 5.11. The number of amides is 1. The smallest absolute Gasteiger partial charge is 0.387 e. The number of rotatable bonds is 4. The summed E-state index contributed by atoms with van der Waals surface area (Å²) < 4.78 is 38.1. The molecule has 1 aromatic rings. The van der Waals surface area contributed by atoms with Crippen LogP contribution in [0.15, 0.2) is 11.4 Å². The van der Waals surface area contributed by atoms with E-state index in [2.05, 4.69) is 15.1 Å². The summed E-state index contributed by atoms with van der Waals surface area (Å²) in [6, 6.07) is 0.0568. The quantitative estimate of drug-likeness (QED) is 0.861. The Hall–Kier alpha value is -2.10. The van der Waals surface area contributed by atoms with Crippen LogP contribution in [0.5, 0.6) is 0 Å². The second-order valence-electron chi connectivity index (χ2n) is 7.55. The summed E-state index contributed by atoms with van der Waals surface area (Å²) in [7, 11) is 1.73. The number of alkyl halides is 3. The summed E-state index contributed by atoms with van der Waals surface area (Å²) in [4.78, 5) is 27.9. The van der Waals surface area contributed by atoms with Crippen molar-refractivity contribution in [2.24, 2.45) is 5.16 Å². The van der Waals surface area contributed by atoms with Crippen LogP contribution in [0.3, 0.4) is 0 Å². The maximum atomic E-state index is 12.7. The average molecular weight is 387 g/mol. The summed E-state index contributed by atoms with van der Waals surface area (Å²) in [5.74, 6) is 0.106. The molecule has 10 heteroatoms. The average Bonchev–Trinajstić information content (AvgIpc) is 3.21. The number of carbonyl (C=O) groups is 1. The van der Waals surface area contributed by atoms with Crippen molar-refractivity contribution in [3.63, 3.8) is 0 Å². The van der Waals surface area contributed by atoms with Crippen LogP contribution in [0.25, 0.3) is 0 Å². The number of hydrogen-bond donors (Lipinski definition) is 1. The van der Waals surface area contributed by atoms with Crippen LogP contribution < -0.4 is 0 Å². The van der Waals surface area contributed by atoms with E-state index in [0.29, 0.717) is 18.7 Å². The Morgan fingerprint density at radius 3 is 2.85 bits per heavy atom.